The van der Waals surface area contributed by atoms with Crippen molar-refractivity contribution in [3.63, 3.8) is 0 Å². The summed E-state index contributed by atoms with van der Waals surface area (Å²) in [7, 11) is 0. The van der Waals surface area contributed by atoms with E-state index >= 15 is 0 Å². The van der Waals surface area contributed by atoms with Crippen LogP contribution in [0.4, 0.5) is 0 Å². The van der Waals surface area contributed by atoms with E-state index in [4.69, 9.17) is 11.6 Å². The monoisotopic (exact) mass is 441 g/mol. The number of carbonyl (C=O) groups excluding carboxylic acids is 3. The fraction of sp³-hybridized carbons (Fsp3) is 0.375. The zero-order chi connectivity index (χ0) is 22.4. The molecule has 31 heavy (non-hydrogen) atoms. The lowest BCUT2D eigenvalue weighted by Crippen LogP contribution is -2.34. The van der Waals surface area contributed by atoms with Crippen molar-refractivity contribution in [2.45, 2.75) is 33.2 Å². The van der Waals surface area contributed by atoms with Gasteiger partial charge < -0.3 is 15.5 Å². The van der Waals surface area contributed by atoms with Gasteiger partial charge in [-0.1, -0.05) is 49.7 Å². The second-order valence-electron chi connectivity index (χ2n) is 7.49. The minimum Gasteiger partial charge on any atom is -0.376 e. The fourth-order valence-corrected chi connectivity index (χ4v) is 3.92. The number of fused-ring (bicyclic) bond motifs is 1. The molecule has 0 atom stereocenters. The second-order valence-corrected chi connectivity index (χ2v) is 7.87. The van der Waals surface area contributed by atoms with Gasteiger partial charge in [-0.2, -0.15) is 0 Å². The molecular weight excluding hydrogens is 414 g/mol. The molecule has 2 aliphatic carbocycles. The van der Waals surface area contributed by atoms with E-state index in [9.17, 15) is 14.4 Å². The van der Waals surface area contributed by atoms with Crippen LogP contribution in [0, 0.1) is 0 Å². The minimum absolute atomic E-state index is 0.0699. The SMILES string of the molecule is CCN(CC)CCNC(=O)c1ccc(CNC2=C(Cl)C(=O)C3=CCCC=C3C2=O)cc1. The van der Waals surface area contributed by atoms with Gasteiger partial charge in [-0.3, -0.25) is 14.4 Å². The molecule has 0 fully saturated rings. The molecule has 0 spiro atoms. The Bertz CT molecular complexity index is 957. The maximum absolute atomic E-state index is 12.7. The van der Waals surface area contributed by atoms with Crippen molar-refractivity contribution in [2.24, 2.45) is 0 Å². The van der Waals surface area contributed by atoms with E-state index in [1.165, 1.54) is 0 Å². The normalized spacial score (nSPS) is 16.1. The maximum Gasteiger partial charge on any atom is 0.251 e. The van der Waals surface area contributed by atoms with Crippen molar-refractivity contribution in [3.05, 3.63) is 69.4 Å². The second kappa shape index (κ2) is 10.6. The zero-order valence-electron chi connectivity index (χ0n) is 18.0. The lowest BCUT2D eigenvalue weighted by Gasteiger charge is -2.23. The number of hydrogen-bond acceptors (Lipinski definition) is 5. The van der Waals surface area contributed by atoms with Gasteiger partial charge in [0, 0.05) is 36.3 Å². The number of amides is 1. The van der Waals surface area contributed by atoms with Crippen LogP contribution in [0.1, 0.15) is 42.6 Å². The van der Waals surface area contributed by atoms with Crippen LogP contribution in [0.25, 0.3) is 0 Å². The number of halogens is 1. The topological polar surface area (TPSA) is 78.5 Å². The number of nitrogens with one attached hydrogen (secondary N) is 2. The summed E-state index contributed by atoms with van der Waals surface area (Å²) < 4.78 is 0. The van der Waals surface area contributed by atoms with Crippen LogP contribution in [0.5, 0.6) is 0 Å². The Hall–Kier alpha value is -2.70. The summed E-state index contributed by atoms with van der Waals surface area (Å²) in [4.78, 5) is 39.8. The Kier molecular flexibility index (Phi) is 7.82. The number of rotatable bonds is 9. The molecule has 0 radical (unpaired) electrons. The maximum atomic E-state index is 12.7. The largest absolute Gasteiger partial charge is 0.376 e. The zero-order valence-corrected chi connectivity index (χ0v) is 18.7. The molecule has 0 unspecified atom stereocenters. The highest BCUT2D eigenvalue weighted by Crippen LogP contribution is 2.32. The van der Waals surface area contributed by atoms with Gasteiger partial charge in [0.15, 0.2) is 0 Å². The highest BCUT2D eigenvalue weighted by atomic mass is 35.5. The number of benzene rings is 1. The van der Waals surface area contributed by atoms with Gasteiger partial charge >= 0.3 is 0 Å². The van der Waals surface area contributed by atoms with Crippen LogP contribution >= 0.6 is 11.6 Å². The minimum atomic E-state index is -0.313. The van der Waals surface area contributed by atoms with E-state index in [2.05, 4.69) is 29.4 Å². The molecule has 3 rings (SSSR count). The number of hydrogen-bond donors (Lipinski definition) is 2. The fourth-order valence-electron chi connectivity index (χ4n) is 3.66. The molecule has 1 amide bonds. The highest BCUT2D eigenvalue weighted by Gasteiger charge is 2.34. The third-order valence-corrected chi connectivity index (χ3v) is 5.94. The molecule has 6 nitrogen and oxygen atoms in total. The lowest BCUT2D eigenvalue weighted by atomic mass is 9.85. The highest BCUT2D eigenvalue weighted by molar-refractivity contribution is 6.50. The van der Waals surface area contributed by atoms with Gasteiger partial charge in [0.25, 0.3) is 5.91 Å². The molecule has 2 aliphatic rings. The number of Topliss-reactive ketones (excluding diaryl/α,β-unsaturated/α-hetero) is 2. The quantitative estimate of drug-likeness (QED) is 0.615. The summed E-state index contributed by atoms with van der Waals surface area (Å²) in [6.07, 6.45) is 5.05. The smallest absolute Gasteiger partial charge is 0.251 e. The van der Waals surface area contributed by atoms with Gasteiger partial charge in [-0.15, -0.1) is 0 Å². The third-order valence-electron chi connectivity index (χ3n) is 5.58. The molecule has 0 heterocycles. The van der Waals surface area contributed by atoms with Gasteiger partial charge in [0.2, 0.25) is 11.6 Å². The van der Waals surface area contributed by atoms with Crippen LogP contribution in [-0.4, -0.2) is 48.6 Å². The summed E-state index contributed by atoms with van der Waals surface area (Å²) in [5, 5.41) is 5.87. The molecule has 7 heteroatoms. The van der Waals surface area contributed by atoms with Crippen LogP contribution in [0.15, 0.2) is 58.3 Å². The summed E-state index contributed by atoms with van der Waals surface area (Å²) in [6, 6.07) is 7.14. The van der Waals surface area contributed by atoms with E-state index in [0.29, 0.717) is 29.8 Å². The molecule has 0 saturated heterocycles. The summed E-state index contributed by atoms with van der Waals surface area (Å²) in [5.74, 6) is -0.680. The third kappa shape index (κ3) is 5.32. The van der Waals surface area contributed by atoms with E-state index < -0.39 is 0 Å². The molecule has 164 valence electrons. The Balaban J connectivity index is 1.59. The van der Waals surface area contributed by atoms with Crippen molar-refractivity contribution in [1.29, 1.82) is 0 Å². The van der Waals surface area contributed by atoms with Crippen LogP contribution in [-0.2, 0) is 16.1 Å². The van der Waals surface area contributed by atoms with Crippen molar-refractivity contribution < 1.29 is 14.4 Å². The number of ketones is 2. The molecule has 0 saturated carbocycles. The first-order chi connectivity index (χ1) is 15.0. The van der Waals surface area contributed by atoms with Crippen molar-refractivity contribution in [1.82, 2.24) is 15.5 Å². The number of likely N-dealkylation sites (N-methyl/N-ethyl adjacent to an activating group) is 1. The molecular formula is C24H28ClN3O3. The van der Waals surface area contributed by atoms with Crippen molar-refractivity contribution >= 4 is 29.1 Å². The Labute approximate surface area is 188 Å². The first kappa shape index (κ1) is 23.0. The predicted molar refractivity (Wildman–Crippen MR) is 122 cm³/mol. The number of allylic oxidation sites excluding steroid dienone is 5. The predicted octanol–water partition coefficient (Wildman–Crippen LogP) is 3.10. The first-order valence-corrected chi connectivity index (χ1v) is 11.1. The summed E-state index contributed by atoms with van der Waals surface area (Å²) in [5.41, 5.74) is 2.42. The average molecular weight is 442 g/mol. The summed E-state index contributed by atoms with van der Waals surface area (Å²) in [6.45, 7) is 7.84. The number of nitrogens with zero attached hydrogens (tertiary/aromatic N) is 1. The molecule has 0 aromatic heterocycles. The van der Waals surface area contributed by atoms with Crippen LogP contribution in [0.3, 0.4) is 0 Å². The van der Waals surface area contributed by atoms with E-state index in [0.717, 1.165) is 38.0 Å². The van der Waals surface area contributed by atoms with Crippen molar-refractivity contribution in [3.8, 4) is 0 Å². The van der Waals surface area contributed by atoms with Gasteiger partial charge in [0.05, 0.1) is 0 Å². The van der Waals surface area contributed by atoms with Crippen molar-refractivity contribution in [2.75, 3.05) is 26.2 Å². The first-order valence-electron chi connectivity index (χ1n) is 10.7. The molecule has 0 aliphatic heterocycles. The Morgan fingerprint density at radius 1 is 1.00 bits per heavy atom. The van der Waals surface area contributed by atoms with Gasteiger partial charge in [-0.25, -0.2) is 0 Å². The summed E-state index contributed by atoms with van der Waals surface area (Å²) >= 11 is 6.19. The average Bonchev–Trinajstić information content (AvgIpc) is 2.80. The molecule has 1 aromatic carbocycles. The van der Waals surface area contributed by atoms with E-state index in [1.807, 2.05) is 12.1 Å². The Morgan fingerprint density at radius 2 is 1.61 bits per heavy atom. The molecule has 2 N–H and O–H groups in total. The molecule has 0 bridgehead atoms. The van der Waals surface area contributed by atoms with Crippen LogP contribution in [0.2, 0.25) is 0 Å². The lowest BCUT2D eigenvalue weighted by molar-refractivity contribution is -0.116. The Morgan fingerprint density at radius 3 is 2.23 bits per heavy atom. The molecule has 1 aromatic rings. The van der Waals surface area contributed by atoms with Gasteiger partial charge in [-0.05, 0) is 43.6 Å². The van der Waals surface area contributed by atoms with E-state index in [1.54, 1.807) is 24.3 Å². The van der Waals surface area contributed by atoms with Crippen LogP contribution < -0.4 is 10.6 Å². The standard InChI is InChI=1S/C24H28ClN3O3/c1-3-28(4-2)14-13-26-24(31)17-11-9-16(10-12-17)15-27-21-20(25)22(29)18-7-5-6-8-19(18)23(21)30/h7-12,27H,3-6,13-15H2,1-2H3,(H,26,31). The number of carbonyl (C=O) groups is 3. The van der Waals surface area contributed by atoms with Gasteiger partial charge in [0.1, 0.15) is 10.7 Å². The van der Waals surface area contributed by atoms with E-state index in [-0.39, 0.29) is 28.2 Å².